The Morgan fingerprint density at radius 2 is 2.12 bits per heavy atom. The second kappa shape index (κ2) is 5.80. The van der Waals surface area contributed by atoms with Crippen LogP contribution in [0, 0.1) is 0 Å². The highest BCUT2D eigenvalue weighted by Crippen LogP contribution is 2.28. The Kier molecular flexibility index (Phi) is 4.38. The molecule has 1 aliphatic rings. The minimum Gasteiger partial charge on any atom is -0.312 e. The van der Waals surface area contributed by atoms with Crippen LogP contribution in [0.25, 0.3) is 0 Å². The molecule has 0 aliphatic heterocycles. The first-order valence-electron chi connectivity index (χ1n) is 6.28. The van der Waals surface area contributed by atoms with Gasteiger partial charge in [0.2, 0.25) is 0 Å². The zero-order valence-corrected chi connectivity index (χ0v) is 11.1. The molecule has 0 radical (unpaired) electrons. The van der Waals surface area contributed by atoms with Crippen molar-refractivity contribution in [3.8, 4) is 0 Å². The van der Waals surface area contributed by atoms with Gasteiger partial charge in [0.15, 0.2) is 0 Å². The number of rotatable bonds is 7. The molecule has 2 rings (SSSR count). The first kappa shape index (κ1) is 12.1. The van der Waals surface area contributed by atoms with Crippen LogP contribution in [-0.4, -0.2) is 24.5 Å². The molecule has 1 fully saturated rings. The van der Waals surface area contributed by atoms with Crippen molar-refractivity contribution in [3.05, 3.63) is 21.9 Å². The zero-order valence-electron chi connectivity index (χ0n) is 10.3. The van der Waals surface area contributed by atoms with Crippen molar-refractivity contribution >= 4 is 11.3 Å². The molecule has 0 atom stereocenters. The number of nitrogens with one attached hydrogen (secondary N) is 1. The Labute approximate surface area is 103 Å². The highest BCUT2D eigenvalue weighted by molar-refractivity contribution is 7.11. The van der Waals surface area contributed by atoms with Gasteiger partial charge in [-0.1, -0.05) is 6.92 Å². The Hall–Kier alpha value is -0.380. The summed E-state index contributed by atoms with van der Waals surface area (Å²) in [6.45, 7) is 5.49. The van der Waals surface area contributed by atoms with Crippen molar-refractivity contribution in [2.75, 3.05) is 13.6 Å². The van der Waals surface area contributed by atoms with E-state index in [-0.39, 0.29) is 0 Å². The fraction of sp³-hybridized carbons (Fsp3) is 0.692. The molecular weight excluding hydrogens is 216 g/mol. The van der Waals surface area contributed by atoms with E-state index in [1.54, 1.807) is 0 Å². The number of nitrogens with zero attached hydrogens (tertiary/aromatic N) is 1. The molecule has 0 aromatic carbocycles. The first-order chi connectivity index (χ1) is 7.79. The van der Waals surface area contributed by atoms with Crippen molar-refractivity contribution in [2.24, 2.45) is 0 Å². The molecule has 0 saturated heterocycles. The molecule has 2 nitrogen and oxygen atoms in total. The van der Waals surface area contributed by atoms with E-state index in [2.05, 4.69) is 36.3 Å². The van der Waals surface area contributed by atoms with Gasteiger partial charge in [-0.2, -0.15) is 0 Å². The summed E-state index contributed by atoms with van der Waals surface area (Å²) in [5, 5.41) is 3.45. The minimum atomic E-state index is 0.865. The van der Waals surface area contributed by atoms with Gasteiger partial charge in [-0.25, -0.2) is 0 Å². The summed E-state index contributed by atoms with van der Waals surface area (Å²) in [6.07, 6.45) is 4.00. The van der Waals surface area contributed by atoms with E-state index in [1.807, 2.05) is 11.3 Å². The highest BCUT2D eigenvalue weighted by atomic mass is 32.1. The molecule has 90 valence electrons. The summed E-state index contributed by atoms with van der Waals surface area (Å²) in [7, 11) is 2.24. The van der Waals surface area contributed by atoms with Crippen molar-refractivity contribution in [1.82, 2.24) is 10.2 Å². The summed E-state index contributed by atoms with van der Waals surface area (Å²) in [6, 6.07) is 5.42. The Morgan fingerprint density at radius 3 is 2.81 bits per heavy atom. The van der Waals surface area contributed by atoms with Crippen molar-refractivity contribution in [3.63, 3.8) is 0 Å². The molecule has 3 heteroatoms. The van der Waals surface area contributed by atoms with E-state index in [1.165, 1.54) is 29.0 Å². The maximum Gasteiger partial charge on any atom is 0.0327 e. The number of hydrogen-bond donors (Lipinski definition) is 1. The summed E-state index contributed by atoms with van der Waals surface area (Å²) in [4.78, 5) is 5.45. The Bertz CT molecular complexity index is 317. The van der Waals surface area contributed by atoms with Gasteiger partial charge >= 0.3 is 0 Å². The smallest absolute Gasteiger partial charge is 0.0327 e. The molecule has 0 unspecified atom stereocenters. The van der Waals surface area contributed by atoms with Crippen LogP contribution >= 0.6 is 11.3 Å². The quantitative estimate of drug-likeness (QED) is 0.735. The van der Waals surface area contributed by atoms with E-state index < -0.39 is 0 Å². The predicted octanol–water partition coefficient (Wildman–Crippen LogP) is 2.84. The Morgan fingerprint density at radius 1 is 1.38 bits per heavy atom. The second-order valence-corrected chi connectivity index (χ2v) is 5.94. The van der Waals surface area contributed by atoms with E-state index >= 15 is 0 Å². The van der Waals surface area contributed by atoms with Crippen molar-refractivity contribution in [1.29, 1.82) is 0 Å². The van der Waals surface area contributed by atoms with Crippen LogP contribution in [0.3, 0.4) is 0 Å². The molecule has 1 aromatic heterocycles. The lowest BCUT2D eigenvalue weighted by atomic mass is 10.4. The summed E-state index contributed by atoms with van der Waals surface area (Å²) < 4.78 is 0. The fourth-order valence-corrected chi connectivity index (χ4v) is 2.93. The van der Waals surface area contributed by atoms with Gasteiger partial charge in [0.05, 0.1) is 0 Å². The first-order valence-corrected chi connectivity index (χ1v) is 7.09. The van der Waals surface area contributed by atoms with Gasteiger partial charge in [-0.3, -0.25) is 4.90 Å². The lowest BCUT2D eigenvalue weighted by Gasteiger charge is -2.13. The van der Waals surface area contributed by atoms with Crippen molar-refractivity contribution < 1.29 is 0 Å². The van der Waals surface area contributed by atoms with Gasteiger partial charge in [-0.05, 0) is 45.0 Å². The monoisotopic (exact) mass is 238 g/mol. The fourth-order valence-electron chi connectivity index (χ4n) is 1.88. The minimum absolute atomic E-state index is 0.865. The largest absolute Gasteiger partial charge is 0.312 e. The van der Waals surface area contributed by atoms with Crippen LogP contribution in [0.15, 0.2) is 12.1 Å². The highest BCUT2D eigenvalue weighted by Gasteiger charge is 2.26. The maximum atomic E-state index is 3.45. The van der Waals surface area contributed by atoms with Crippen LogP contribution in [0.2, 0.25) is 0 Å². The molecule has 1 aliphatic carbocycles. The van der Waals surface area contributed by atoms with Crippen LogP contribution in [0.1, 0.15) is 35.9 Å². The van der Waals surface area contributed by atoms with Crippen molar-refractivity contribution in [2.45, 2.75) is 45.3 Å². The Balaban J connectivity index is 1.77. The topological polar surface area (TPSA) is 15.3 Å². The molecule has 1 heterocycles. The van der Waals surface area contributed by atoms with Crippen LogP contribution in [0.4, 0.5) is 0 Å². The third-order valence-corrected chi connectivity index (χ3v) is 4.09. The molecule has 0 amide bonds. The normalized spacial score (nSPS) is 15.9. The van der Waals surface area contributed by atoms with Gasteiger partial charge in [-0.15, -0.1) is 11.3 Å². The molecule has 1 saturated carbocycles. The van der Waals surface area contributed by atoms with E-state index in [0.717, 1.165) is 25.7 Å². The van der Waals surface area contributed by atoms with Gasteiger partial charge < -0.3 is 5.32 Å². The van der Waals surface area contributed by atoms with Crippen LogP contribution in [0.5, 0.6) is 0 Å². The summed E-state index contributed by atoms with van der Waals surface area (Å²) in [5.74, 6) is 0. The lowest BCUT2D eigenvalue weighted by Crippen LogP contribution is -2.19. The number of hydrogen-bond acceptors (Lipinski definition) is 3. The zero-order chi connectivity index (χ0) is 11.4. The average Bonchev–Trinajstić information content (AvgIpc) is 3.03. The predicted molar refractivity (Wildman–Crippen MR) is 70.8 cm³/mol. The van der Waals surface area contributed by atoms with Crippen LogP contribution < -0.4 is 5.32 Å². The van der Waals surface area contributed by atoms with Crippen LogP contribution in [-0.2, 0) is 13.1 Å². The van der Waals surface area contributed by atoms with E-state index in [0.29, 0.717) is 0 Å². The number of thiophene rings is 1. The summed E-state index contributed by atoms with van der Waals surface area (Å²) in [5.41, 5.74) is 0. The van der Waals surface area contributed by atoms with E-state index in [9.17, 15) is 0 Å². The molecule has 16 heavy (non-hydrogen) atoms. The molecule has 0 bridgehead atoms. The third-order valence-electron chi connectivity index (χ3n) is 3.02. The maximum absolute atomic E-state index is 3.45. The third kappa shape index (κ3) is 3.58. The molecule has 1 N–H and O–H groups in total. The lowest BCUT2D eigenvalue weighted by molar-refractivity contribution is 0.319. The molecular formula is C13H22N2S. The van der Waals surface area contributed by atoms with Gasteiger partial charge in [0, 0.05) is 28.9 Å². The SMILES string of the molecule is CCCNCc1ccc(CN(C)C2CC2)s1. The van der Waals surface area contributed by atoms with Gasteiger partial charge in [0.1, 0.15) is 0 Å². The second-order valence-electron chi connectivity index (χ2n) is 4.69. The average molecular weight is 238 g/mol. The summed E-state index contributed by atoms with van der Waals surface area (Å²) >= 11 is 1.95. The standard InChI is InChI=1S/C13H22N2S/c1-3-8-14-9-12-6-7-13(16-12)10-15(2)11-4-5-11/h6-7,11,14H,3-5,8-10H2,1-2H3. The van der Waals surface area contributed by atoms with E-state index in [4.69, 9.17) is 0 Å². The van der Waals surface area contributed by atoms with Gasteiger partial charge in [0.25, 0.3) is 0 Å². The molecule has 0 spiro atoms. The molecule has 1 aromatic rings.